The van der Waals surface area contributed by atoms with Gasteiger partial charge in [-0.3, -0.25) is 4.79 Å². The number of hydrogen-bond acceptors (Lipinski definition) is 4. The minimum absolute atomic E-state index is 0. The van der Waals surface area contributed by atoms with Gasteiger partial charge in [0.15, 0.2) is 0 Å². The quantitative estimate of drug-likeness (QED) is 0.859. The van der Waals surface area contributed by atoms with Gasteiger partial charge >= 0.3 is 0 Å². The number of methoxy groups -OCH3 is 1. The van der Waals surface area contributed by atoms with E-state index in [0.29, 0.717) is 31.1 Å². The van der Waals surface area contributed by atoms with Gasteiger partial charge in [-0.05, 0) is 18.2 Å². The molecule has 1 unspecified atom stereocenters. The lowest BCUT2D eigenvalue weighted by atomic mass is 10.2. The van der Waals surface area contributed by atoms with Crippen LogP contribution < -0.4 is 15.4 Å². The fourth-order valence-electron chi connectivity index (χ4n) is 1.95. The van der Waals surface area contributed by atoms with Gasteiger partial charge in [0.05, 0.1) is 26.0 Å². The molecule has 0 aliphatic carbocycles. The lowest BCUT2D eigenvalue weighted by Crippen LogP contribution is -2.43. The number of hydrogen-bond donors (Lipinski definition) is 2. The number of halogens is 2. The van der Waals surface area contributed by atoms with Gasteiger partial charge in [-0.25, -0.2) is 0 Å². The molecule has 1 atom stereocenters. The van der Waals surface area contributed by atoms with Gasteiger partial charge in [-0.1, -0.05) is 15.9 Å². The minimum atomic E-state index is -0.0561. The second-order valence-electron chi connectivity index (χ2n) is 4.32. The lowest BCUT2D eigenvalue weighted by Gasteiger charge is -2.23. The van der Waals surface area contributed by atoms with Crippen LogP contribution in [0.15, 0.2) is 22.7 Å². The van der Waals surface area contributed by atoms with Crippen molar-refractivity contribution in [2.45, 2.75) is 12.5 Å². The molecule has 2 rings (SSSR count). The molecule has 1 heterocycles. The number of anilines is 1. The van der Waals surface area contributed by atoms with Crippen LogP contribution in [0.25, 0.3) is 0 Å². The zero-order chi connectivity index (χ0) is 13.7. The summed E-state index contributed by atoms with van der Waals surface area (Å²) in [6, 6.07) is 5.57. The van der Waals surface area contributed by atoms with Crippen molar-refractivity contribution in [3.8, 4) is 5.75 Å². The van der Waals surface area contributed by atoms with E-state index < -0.39 is 0 Å². The van der Waals surface area contributed by atoms with E-state index in [1.807, 2.05) is 18.2 Å². The molecule has 1 aliphatic rings. The van der Waals surface area contributed by atoms with E-state index >= 15 is 0 Å². The first-order valence-corrected chi connectivity index (χ1v) is 6.93. The highest BCUT2D eigenvalue weighted by molar-refractivity contribution is 9.10. The fraction of sp³-hybridized carbons (Fsp3) is 0.462. The molecular weight excluding hydrogens is 348 g/mol. The van der Waals surface area contributed by atoms with Gasteiger partial charge in [-0.15, -0.1) is 12.4 Å². The molecule has 5 nitrogen and oxygen atoms in total. The molecular formula is C13H18BrClN2O3. The molecule has 0 aromatic heterocycles. The topological polar surface area (TPSA) is 59.6 Å². The van der Waals surface area contributed by atoms with Crippen molar-refractivity contribution in [1.82, 2.24) is 5.32 Å². The van der Waals surface area contributed by atoms with Gasteiger partial charge in [0.25, 0.3) is 0 Å². The number of nitrogens with one attached hydrogen (secondary N) is 2. The molecule has 112 valence electrons. The number of ether oxygens (including phenoxy) is 2. The summed E-state index contributed by atoms with van der Waals surface area (Å²) in [6.07, 6.45) is 0.385. The Labute approximate surface area is 132 Å². The van der Waals surface area contributed by atoms with Crippen molar-refractivity contribution in [3.63, 3.8) is 0 Å². The van der Waals surface area contributed by atoms with E-state index in [-0.39, 0.29) is 24.4 Å². The molecule has 1 amide bonds. The largest absolute Gasteiger partial charge is 0.495 e. The second kappa shape index (κ2) is 8.46. The lowest BCUT2D eigenvalue weighted by molar-refractivity contribution is -0.117. The standard InChI is InChI=1S/C13H17BrN2O3.ClH/c1-18-12-3-2-9(14)6-11(12)16-13(17)7-10-8-19-5-4-15-10;/h2-3,6,10,15H,4-5,7-8H2,1H3,(H,16,17);1H. The SMILES string of the molecule is COc1ccc(Br)cc1NC(=O)CC1COCCN1.Cl. The summed E-state index contributed by atoms with van der Waals surface area (Å²) in [7, 11) is 1.58. The second-order valence-corrected chi connectivity index (χ2v) is 5.24. The van der Waals surface area contributed by atoms with Crippen molar-refractivity contribution < 1.29 is 14.3 Å². The number of benzene rings is 1. The molecule has 1 saturated heterocycles. The highest BCUT2D eigenvalue weighted by Gasteiger charge is 2.17. The Bertz CT molecular complexity index is 453. The highest BCUT2D eigenvalue weighted by Crippen LogP contribution is 2.28. The van der Waals surface area contributed by atoms with Crippen molar-refractivity contribution in [2.75, 3.05) is 32.2 Å². The number of carbonyl (C=O) groups excluding carboxylic acids is 1. The maximum absolute atomic E-state index is 12.0. The zero-order valence-electron chi connectivity index (χ0n) is 11.1. The summed E-state index contributed by atoms with van der Waals surface area (Å²) in [5.41, 5.74) is 0.665. The summed E-state index contributed by atoms with van der Waals surface area (Å²) in [5, 5.41) is 6.11. The Morgan fingerprint density at radius 2 is 2.40 bits per heavy atom. The van der Waals surface area contributed by atoms with Crippen LogP contribution in [0.4, 0.5) is 5.69 Å². The maximum atomic E-state index is 12.0. The number of morpholine rings is 1. The molecule has 7 heteroatoms. The molecule has 1 aromatic rings. The molecule has 2 N–H and O–H groups in total. The van der Waals surface area contributed by atoms with Gasteiger partial charge in [0, 0.05) is 23.5 Å². The Morgan fingerprint density at radius 1 is 1.60 bits per heavy atom. The van der Waals surface area contributed by atoms with Gasteiger partial charge < -0.3 is 20.1 Å². The average molecular weight is 366 g/mol. The smallest absolute Gasteiger partial charge is 0.226 e. The summed E-state index contributed by atoms with van der Waals surface area (Å²) >= 11 is 3.37. The molecule has 0 bridgehead atoms. The molecule has 20 heavy (non-hydrogen) atoms. The molecule has 1 aliphatic heterocycles. The van der Waals surface area contributed by atoms with E-state index in [0.717, 1.165) is 11.0 Å². The van der Waals surface area contributed by atoms with Crippen molar-refractivity contribution in [2.24, 2.45) is 0 Å². The van der Waals surface area contributed by atoms with Crippen LogP contribution in [0.2, 0.25) is 0 Å². The third kappa shape index (κ3) is 4.94. The third-order valence-electron chi connectivity index (χ3n) is 2.87. The van der Waals surface area contributed by atoms with Gasteiger partial charge in [0.2, 0.25) is 5.91 Å². The summed E-state index contributed by atoms with van der Waals surface area (Å²) in [4.78, 5) is 12.0. The number of rotatable bonds is 4. The van der Waals surface area contributed by atoms with Crippen LogP contribution >= 0.6 is 28.3 Å². The van der Waals surface area contributed by atoms with Crippen LogP contribution in [0.3, 0.4) is 0 Å². The zero-order valence-corrected chi connectivity index (χ0v) is 13.6. The fourth-order valence-corrected chi connectivity index (χ4v) is 2.31. The molecule has 0 spiro atoms. The summed E-state index contributed by atoms with van der Waals surface area (Å²) in [6.45, 7) is 2.07. The third-order valence-corrected chi connectivity index (χ3v) is 3.36. The van der Waals surface area contributed by atoms with E-state index in [4.69, 9.17) is 9.47 Å². The van der Waals surface area contributed by atoms with Crippen LogP contribution in [0, 0.1) is 0 Å². The molecule has 1 fully saturated rings. The predicted octanol–water partition coefficient (Wildman–Crippen LogP) is 2.20. The summed E-state index contributed by atoms with van der Waals surface area (Å²) in [5.74, 6) is 0.587. The Morgan fingerprint density at radius 3 is 3.05 bits per heavy atom. The van der Waals surface area contributed by atoms with Crippen molar-refractivity contribution in [1.29, 1.82) is 0 Å². The van der Waals surface area contributed by atoms with Crippen LogP contribution in [-0.4, -0.2) is 38.8 Å². The van der Waals surface area contributed by atoms with Crippen molar-refractivity contribution >= 4 is 39.9 Å². The number of carbonyl (C=O) groups is 1. The van der Waals surface area contributed by atoms with Crippen LogP contribution in [0.5, 0.6) is 5.75 Å². The Kier molecular flexibility index (Phi) is 7.29. The Hall–Kier alpha value is -0.820. The molecule has 0 radical (unpaired) electrons. The van der Waals surface area contributed by atoms with Gasteiger partial charge in [-0.2, -0.15) is 0 Å². The normalized spacial score (nSPS) is 18.0. The van der Waals surface area contributed by atoms with E-state index in [1.54, 1.807) is 7.11 Å². The number of amides is 1. The predicted molar refractivity (Wildman–Crippen MR) is 83.8 cm³/mol. The monoisotopic (exact) mass is 364 g/mol. The Balaban J connectivity index is 0.00000200. The average Bonchev–Trinajstić information content (AvgIpc) is 2.40. The first-order valence-electron chi connectivity index (χ1n) is 6.13. The minimum Gasteiger partial charge on any atom is -0.495 e. The van der Waals surface area contributed by atoms with Crippen LogP contribution in [0.1, 0.15) is 6.42 Å². The van der Waals surface area contributed by atoms with E-state index in [9.17, 15) is 4.79 Å². The first kappa shape index (κ1) is 17.2. The maximum Gasteiger partial charge on any atom is 0.226 e. The molecule has 1 aromatic carbocycles. The summed E-state index contributed by atoms with van der Waals surface area (Å²) < 4.78 is 11.4. The molecule has 0 saturated carbocycles. The highest BCUT2D eigenvalue weighted by atomic mass is 79.9. The van der Waals surface area contributed by atoms with Gasteiger partial charge in [0.1, 0.15) is 5.75 Å². The first-order chi connectivity index (χ1) is 9.19. The van der Waals surface area contributed by atoms with Crippen molar-refractivity contribution in [3.05, 3.63) is 22.7 Å². The van der Waals surface area contributed by atoms with E-state index in [2.05, 4.69) is 26.6 Å². The van der Waals surface area contributed by atoms with Crippen LogP contribution in [-0.2, 0) is 9.53 Å². The van der Waals surface area contributed by atoms with E-state index in [1.165, 1.54) is 0 Å².